The summed E-state index contributed by atoms with van der Waals surface area (Å²) in [6.07, 6.45) is 0. The Bertz CT molecular complexity index is 434. The highest BCUT2D eigenvalue weighted by Crippen LogP contribution is 2.57. The third kappa shape index (κ3) is 1.95. The third-order valence-electron chi connectivity index (χ3n) is 3.83. The van der Waals surface area contributed by atoms with Gasteiger partial charge in [0, 0.05) is 31.6 Å². The molecule has 1 aromatic carbocycles. The van der Waals surface area contributed by atoms with Crippen LogP contribution in [-0.2, 0) is 0 Å². The van der Waals surface area contributed by atoms with Gasteiger partial charge in [-0.05, 0) is 23.1 Å². The highest BCUT2D eigenvalue weighted by atomic mass is 16.2. The molecule has 0 heterocycles. The first-order valence-electron chi connectivity index (χ1n) is 5.93. The predicted molar refractivity (Wildman–Crippen MR) is 69.0 cm³/mol. The van der Waals surface area contributed by atoms with E-state index in [2.05, 4.69) is 13.8 Å². The van der Waals surface area contributed by atoms with Crippen LogP contribution in [0, 0.1) is 5.41 Å². The molecule has 3 nitrogen and oxygen atoms in total. The minimum absolute atomic E-state index is 0.0379. The van der Waals surface area contributed by atoms with Crippen molar-refractivity contribution in [3.05, 3.63) is 35.4 Å². The van der Waals surface area contributed by atoms with Gasteiger partial charge in [0.05, 0.1) is 0 Å². The topological polar surface area (TPSA) is 46.3 Å². The van der Waals surface area contributed by atoms with Crippen molar-refractivity contribution in [2.75, 3.05) is 14.1 Å². The predicted octanol–water partition coefficient (Wildman–Crippen LogP) is 1.84. The number of carbonyl (C=O) groups excluding carboxylic acids is 1. The average molecular weight is 232 g/mol. The Morgan fingerprint density at radius 2 is 1.71 bits per heavy atom. The molecule has 92 valence electrons. The molecular formula is C14H20N2O. The van der Waals surface area contributed by atoms with E-state index in [1.807, 2.05) is 24.3 Å². The summed E-state index contributed by atoms with van der Waals surface area (Å²) in [6, 6.07) is 8.06. The van der Waals surface area contributed by atoms with E-state index in [-0.39, 0.29) is 17.4 Å². The molecule has 0 radical (unpaired) electrons. The molecule has 0 bridgehead atoms. The summed E-state index contributed by atoms with van der Waals surface area (Å²) in [4.78, 5) is 13.3. The highest BCUT2D eigenvalue weighted by Gasteiger charge is 2.55. The number of amides is 1. The van der Waals surface area contributed by atoms with Crippen molar-refractivity contribution in [1.29, 1.82) is 0 Å². The monoisotopic (exact) mass is 232 g/mol. The van der Waals surface area contributed by atoms with Gasteiger partial charge in [-0.1, -0.05) is 26.0 Å². The summed E-state index contributed by atoms with van der Waals surface area (Å²) < 4.78 is 0. The van der Waals surface area contributed by atoms with Crippen LogP contribution in [0.1, 0.15) is 35.7 Å². The van der Waals surface area contributed by atoms with Gasteiger partial charge in [0.15, 0.2) is 0 Å². The largest absolute Gasteiger partial charge is 0.345 e. The van der Waals surface area contributed by atoms with Crippen LogP contribution in [0.3, 0.4) is 0 Å². The normalized spacial score (nSPS) is 25.5. The van der Waals surface area contributed by atoms with Gasteiger partial charge in [0.2, 0.25) is 0 Å². The lowest BCUT2D eigenvalue weighted by Gasteiger charge is -2.10. The molecule has 0 saturated heterocycles. The first kappa shape index (κ1) is 12.1. The van der Waals surface area contributed by atoms with Gasteiger partial charge in [-0.2, -0.15) is 0 Å². The number of hydrogen-bond acceptors (Lipinski definition) is 2. The smallest absolute Gasteiger partial charge is 0.253 e. The van der Waals surface area contributed by atoms with Crippen LogP contribution in [0.4, 0.5) is 0 Å². The van der Waals surface area contributed by atoms with Crippen LogP contribution in [0.25, 0.3) is 0 Å². The van der Waals surface area contributed by atoms with Crippen molar-refractivity contribution in [2.24, 2.45) is 11.1 Å². The molecule has 2 atom stereocenters. The lowest BCUT2D eigenvalue weighted by Crippen LogP contribution is -2.21. The number of rotatable bonds is 2. The first-order chi connectivity index (χ1) is 7.85. The second kappa shape index (κ2) is 3.84. The molecule has 2 N–H and O–H groups in total. The van der Waals surface area contributed by atoms with Crippen LogP contribution in [-0.4, -0.2) is 30.9 Å². The second-order valence-corrected chi connectivity index (χ2v) is 5.65. The maximum absolute atomic E-state index is 11.7. The van der Waals surface area contributed by atoms with Gasteiger partial charge in [0.1, 0.15) is 0 Å². The average Bonchev–Trinajstić information content (AvgIpc) is 2.77. The molecule has 1 aliphatic carbocycles. The lowest BCUT2D eigenvalue weighted by atomic mass is 10.0. The van der Waals surface area contributed by atoms with Gasteiger partial charge in [-0.25, -0.2) is 0 Å². The lowest BCUT2D eigenvalue weighted by molar-refractivity contribution is 0.0827. The van der Waals surface area contributed by atoms with Crippen LogP contribution in [0.5, 0.6) is 0 Å². The standard InChI is InChI=1S/C14H20N2O/c1-14(2)11(12(14)15)9-5-7-10(8-6-9)13(17)16(3)4/h5-8,11-12H,15H2,1-4H3. The quantitative estimate of drug-likeness (QED) is 0.845. The van der Waals surface area contributed by atoms with E-state index < -0.39 is 0 Å². The van der Waals surface area contributed by atoms with E-state index in [4.69, 9.17) is 5.73 Å². The summed E-state index contributed by atoms with van der Waals surface area (Å²) in [5.74, 6) is 0.460. The zero-order valence-corrected chi connectivity index (χ0v) is 10.9. The number of nitrogens with two attached hydrogens (primary N) is 1. The Hall–Kier alpha value is -1.35. The van der Waals surface area contributed by atoms with Crippen LogP contribution in [0.2, 0.25) is 0 Å². The summed E-state index contributed by atoms with van der Waals surface area (Å²) in [5, 5.41) is 0. The number of nitrogens with zero attached hydrogens (tertiary/aromatic N) is 1. The van der Waals surface area contributed by atoms with Gasteiger partial charge < -0.3 is 10.6 Å². The minimum Gasteiger partial charge on any atom is -0.345 e. The molecule has 17 heavy (non-hydrogen) atoms. The summed E-state index contributed by atoms with van der Waals surface area (Å²) in [7, 11) is 3.52. The van der Waals surface area contributed by atoms with Crippen molar-refractivity contribution in [2.45, 2.75) is 25.8 Å². The van der Waals surface area contributed by atoms with E-state index in [0.29, 0.717) is 5.92 Å². The molecule has 2 unspecified atom stereocenters. The summed E-state index contributed by atoms with van der Waals surface area (Å²) in [6.45, 7) is 4.36. The minimum atomic E-state index is 0.0379. The van der Waals surface area contributed by atoms with Crippen molar-refractivity contribution < 1.29 is 4.79 Å². The molecule has 0 aliphatic heterocycles. The highest BCUT2D eigenvalue weighted by molar-refractivity contribution is 5.93. The zero-order chi connectivity index (χ0) is 12.8. The maximum Gasteiger partial charge on any atom is 0.253 e. The SMILES string of the molecule is CN(C)C(=O)c1ccc(C2C(N)C2(C)C)cc1. The van der Waals surface area contributed by atoms with Crippen LogP contribution in [0.15, 0.2) is 24.3 Å². The molecule has 0 spiro atoms. The summed E-state index contributed by atoms with van der Waals surface area (Å²) in [5.41, 5.74) is 8.20. The Labute approximate surface area is 103 Å². The second-order valence-electron chi connectivity index (χ2n) is 5.65. The van der Waals surface area contributed by atoms with Crippen molar-refractivity contribution in [1.82, 2.24) is 4.90 Å². The fourth-order valence-corrected chi connectivity index (χ4v) is 2.41. The molecule has 1 aromatic rings. The number of carbonyl (C=O) groups is 1. The van der Waals surface area contributed by atoms with Gasteiger partial charge >= 0.3 is 0 Å². The van der Waals surface area contributed by atoms with E-state index >= 15 is 0 Å². The maximum atomic E-state index is 11.7. The first-order valence-corrected chi connectivity index (χ1v) is 5.93. The fraction of sp³-hybridized carbons (Fsp3) is 0.500. The van der Waals surface area contributed by atoms with Gasteiger partial charge in [-0.3, -0.25) is 4.79 Å². The van der Waals surface area contributed by atoms with Crippen LogP contribution < -0.4 is 5.73 Å². The molecule has 1 aliphatic rings. The fourth-order valence-electron chi connectivity index (χ4n) is 2.41. The number of benzene rings is 1. The zero-order valence-electron chi connectivity index (χ0n) is 10.9. The Kier molecular flexibility index (Phi) is 2.74. The molecule has 1 fully saturated rings. The molecule has 1 amide bonds. The van der Waals surface area contributed by atoms with Crippen LogP contribution >= 0.6 is 0 Å². The van der Waals surface area contributed by atoms with E-state index in [0.717, 1.165) is 5.56 Å². The van der Waals surface area contributed by atoms with Gasteiger partial charge in [-0.15, -0.1) is 0 Å². The van der Waals surface area contributed by atoms with Crippen molar-refractivity contribution in [3.63, 3.8) is 0 Å². The summed E-state index contributed by atoms with van der Waals surface area (Å²) >= 11 is 0. The molecule has 3 heteroatoms. The molecule has 1 saturated carbocycles. The van der Waals surface area contributed by atoms with E-state index in [1.54, 1.807) is 19.0 Å². The van der Waals surface area contributed by atoms with Crippen molar-refractivity contribution in [3.8, 4) is 0 Å². The van der Waals surface area contributed by atoms with Gasteiger partial charge in [0.25, 0.3) is 5.91 Å². The molecule has 0 aromatic heterocycles. The van der Waals surface area contributed by atoms with Crippen molar-refractivity contribution >= 4 is 5.91 Å². The Morgan fingerprint density at radius 3 is 2.06 bits per heavy atom. The molecule has 2 rings (SSSR count). The molecular weight excluding hydrogens is 212 g/mol. The Balaban J connectivity index is 2.18. The third-order valence-corrected chi connectivity index (χ3v) is 3.83. The van der Waals surface area contributed by atoms with E-state index in [1.165, 1.54) is 5.56 Å². The van der Waals surface area contributed by atoms with E-state index in [9.17, 15) is 4.79 Å². The number of hydrogen-bond donors (Lipinski definition) is 1. The Morgan fingerprint density at radius 1 is 1.24 bits per heavy atom.